The zero-order valence-electron chi connectivity index (χ0n) is 18.5. The van der Waals surface area contributed by atoms with Crippen molar-refractivity contribution in [3.63, 3.8) is 0 Å². The molecule has 0 aliphatic carbocycles. The third-order valence-electron chi connectivity index (χ3n) is 6.11. The summed E-state index contributed by atoms with van der Waals surface area (Å²) in [6, 6.07) is 16.0. The Kier molecular flexibility index (Phi) is 6.70. The quantitative estimate of drug-likeness (QED) is 0.564. The average Bonchev–Trinajstić information content (AvgIpc) is 3.15. The molecule has 1 saturated heterocycles. The summed E-state index contributed by atoms with van der Waals surface area (Å²) in [5, 5.41) is 1.82. The molecule has 3 aromatic rings. The number of aromatic nitrogens is 1. The van der Waals surface area contributed by atoms with Gasteiger partial charge in [0, 0.05) is 67.7 Å². The van der Waals surface area contributed by atoms with Crippen molar-refractivity contribution in [1.29, 1.82) is 0 Å². The monoisotopic (exact) mass is 453 g/mol. The number of benzene rings is 2. The Labute approximate surface area is 193 Å². The third kappa shape index (κ3) is 4.60. The van der Waals surface area contributed by atoms with Crippen LogP contribution in [0.3, 0.4) is 0 Å². The molecule has 32 heavy (non-hydrogen) atoms. The van der Waals surface area contributed by atoms with E-state index < -0.39 is 0 Å². The second kappa shape index (κ2) is 9.65. The number of nitrogens with zero attached hydrogens (tertiary/aromatic N) is 3. The highest BCUT2D eigenvalue weighted by molar-refractivity contribution is 6.30. The van der Waals surface area contributed by atoms with E-state index in [4.69, 9.17) is 16.3 Å². The maximum absolute atomic E-state index is 13.3. The molecule has 1 unspecified atom stereocenters. The SMILES string of the molecule is CCOC(=O)N1CCN(C(=O)CC(c2ccc(Cl)cc2)c2cn(C)c3ccccc23)CC1. The summed E-state index contributed by atoms with van der Waals surface area (Å²) < 4.78 is 7.19. The van der Waals surface area contributed by atoms with Crippen molar-refractivity contribution in [2.75, 3.05) is 32.8 Å². The summed E-state index contributed by atoms with van der Waals surface area (Å²) >= 11 is 6.13. The van der Waals surface area contributed by atoms with Crippen LogP contribution < -0.4 is 0 Å². The lowest BCUT2D eigenvalue weighted by molar-refractivity contribution is -0.133. The van der Waals surface area contributed by atoms with Crippen LogP contribution in [0.15, 0.2) is 54.7 Å². The summed E-state index contributed by atoms with van der Waals surface area (Å²) in [5.74, 6) is -0.00431. The van der Waals surface area contributed by atoms with E-state index in [2.05, 4.69) is 22.9 Å². The van der Waals surface area contributed by atoms with Gasteiger partial charge in [0.15, 0.2) is 0 Å². The number of carbonyl (C=O) groups is 2. The molecule has 7 heteroatoms. The fraction of sp³-hybridized carbons (Fsp3) is 0.360. The molecule has 4 rings (SSSR count). The van der Waals surface area contributed by atoms with Gasteiger partial charge >= 0.3 is 6.09 Å². The van der Waals surface area contributed by atoms with Gasteiger partial charge in [0.05, 0.1) is 6.61 Å². The van der Waals surface area contributed by atoms with E-state index >= 15 is 0 Å². The maximum atomic E-state index is 13.3. The first-order valence-corrected chi connectivity index (χ1v) is 11.3. The van der Waals surface area contributed by atoms with E-state index in [0.717, 1.165) is 22.0 Å². The topological polar surface area (TPSA) is 54.8 Å². The third-order valence-corrected chi connectivity index (χ3v) is 6.36. The Bertz CT molecular complexity index is 1100. The van der Waals surface area contributed by atoms with E-state index in [9.17, 15) is 9.59 Å². The maximum Gasteiger partial charge on any atom is 0.409 e. The number of hydrogen-bond acceptors (Lipinski definition) is 3. The minimum Gasteiger partial charge on any atom is -0.450 e. The molecule has 1 atom stereocenters. The first-order valence-electron chi connectivity index (χ1n) is 11.0. The van der Waals surface area contributed by atoms with Crippen LogP contribution in [-0.2, 0) is 16.6 Å². The zero-order chi connectivity index (χ0) is 22.7. The minimum atomic E-state index is -0.311. The Hall–Kier alpha value is -2.99. The van der Waals surface area contributed by atoms with Gasteiger partial charge in [0.25, 0.3) is 0 Å². The number of aryl methyl sites for hydroxylation is 1. The van der Waals surface area contributed by atoms with E-state index in [-0.39, 0.29) is 17.9 Å². The van der Waals surface area contributed by atoms with Crippen LogP contribution in [-0.4, -0.2) is 59.2 Å². The van der Waals surface area contributed by atoms with Gasteiger partial charge in [0.1, 0.15) is 0 Å². The van der Waals surface area contributed by atoms with Crippen LogP contribution in [0, 0.1) is 0 Å². The van der Waals surface area contributed by atoms with Crippen molar-refractivity contribution in [3.8, 4) is 0 Å². The zero-order valence-corrected chi connectivity index (χ0v) is 19.2. The van der Waals surface area contributed by atoms with Crippen LogP contribution in [0.2, 0.25) is 5.02 Å². The van der Waals surface area contributed by atoms with Crippen LogP contribution in [0.5, 0.6) is 0 Å². The normalized spacial score (nSPS) is 15.1. The van der Waals surface area contributed by atoms with Crippen molar-refractivity contribution in [2.45, 2.75) is 19.3 Å². The Morgan fingerprint density at radius 2 is 1.66 bits per heavy atom. The van der Waals surface area contributed by atoms with Gasteiger partial charge in [-0.2, -0.15) is 0 Å². The fourth-order valence-electron chi connectivity index (χ4n) is 4.41. The average molecular weight is 454 g/mol. The van der Waals surface area contributed by atoms with Gasteiger partial charge in [-0.25, -0.2) is 4.79 Å². The summed E-state index contributed by atoms with van der Waals surface area (Å²) in [4.78, 5) is 28.8. The lowest BCUT2D eigenvalue weighted by atomic mass is 9.87. The first-order chi connectivity index (χ1) is 15.5. The van der Waals surface area contributed by atoms with Crippen LogP contribution in [0.4, 0.5) is 4.79 Å². The van der Waals surface area contributed by atoms with Gasteiger partial charge in [-0.15, -0.1) is 0 Å². The Morgan fingerprint density at radius 3 is 2.34 bits per heavy atom. The van der Waals surface area contributed by atoms with Crippen molar-refractivity contribution in [2.24, 2.45) is 7.05 Å². The van der Waals surface area contributed by atoms with Gasteiger partial charge < -0.3 is 19.1 Å². The second-order valence-corrected chi connectivity index (χ2v) is 8.52. The highest BCUT2D eigenvalue weighted by Gasteiger charge is 2.28. The summed E-state index contributed by atoms with van der Waals surface area (Å²) in [5.41, 5.74) is 3.32. The Morgan fingerprint density at radius 1 is 1.00 bits per heavy atom. The fourth-order valence-corrected chi connectivity index (χ4v) is 4.54. The summed E-state index contributed by atoms with van der Waals surface area (Å²) in [7, 11) is 2.03. The number of halogens is 1. The number of piperazine rings is 1. The molecule has 0 N–H and O–H groups in total. The molecule has 0 saturated carbocycles. The molecule has 1 fully saturated rings. The largest absolute Gasteiger partial charge is 0.450 e. The minimum absolute atomic E-state index is 0.0846. The molecule has 2 amide bonds. The first kappa shape index (κ1) is 22.2. The molecular formula is C25H28ClN3O3. The summed E-state index contributed by atoms with van der Waals surface area (Å²) in [6.07, 6.45) is 2.17. The highest BCUT2D eigenvalue weighted by Crippen LogP contribution is 2.35. The molecule has 1 aromatic heterocycles. The summed E-state index contributed by atoms with van der Waals surface area (Å²) in [6.45, 7) is 4.16. The smallest absolute Gasteiger partial charge is 0.409 e. The van der Waals surface area contributed by atoms with Crippen molar-refractivity contribution in [1.82, 2.24) is 14.4 Å². The molecule has 1 aliphatic rings. The predicted octanol–water partition coefficient (Wildman–Crippen LogP) is 4.65. The Balaban J connectivity index is 1.57. The van der Waals surface area contributed by atoms with E-state index in [0.29, 0.717) is 44.2 Å². The number of ether oxygens (including phenoxy) is 1. The van der Waals surface area contributed by atoms with Crippen molar-refractivity contribution < 1.29 is 14.3 Å². The van der Waals surface area contributed by atoms with Crippen LogP contribution >= 0.6 is 11.6 Å². The van der Waals surface area contributed by atoms with E-state index in [1.54, 1.807) is 11.8 Å². The molecule has 0 radical (unpaired) electrons. The highest BCUT2D eigenvalue weighted by atomic mass is 35.5. The van der Waals surface area contributed by atoms with E-state index in [1.807, 2.05) is 48.3 Å². The lowest BCUT2D eigenvalue weighted by Crippen LogP contribution is -2.50. The number of para-hydroxylation sites is 1. The molecule has 168 valence electrons. The number of hydrogen-bond donors (Lipinski definition) is 0. The second-order valence-electron chi connectivity index (χ2n) is 8.09. The van der Waals surface area contributed by atoms with Crippen molar-refractivity contribution >= 4 is 34.5 Å². The predicted molar refractivity (Wildman–Crippen MR) is 126 cm³/mol. The van der Waals surface area contributed by atoms with Crippen LogP contribution in [0.1, 0.15) is 30.4 Å². The molecule has 0 spiro atoms. The molecule has 0 bridgehead atoms. The van der Waals surface area contributed by atoms with Gasteiger partial charge in [-0.1, -0.05) is 41.9 Å². The number of amides is 2. The van der Waals surface area contributed by atoms with Gasteiger partial charge in [-0.05, 0) is 36.2 Å². The lowest BCUT2D eigenvalue weighted by Gasteiger charge is -2.34. The number of carbonyl (C=O) groups excluding carboxylic acids is 2. The molecule has 2 heterocycles. The number of rotatable bonds is 5. The van der Waals surface area contributed by atoms with E-state index in [1.165, 1.54) is 0 Å². The molecule has 6 nitrogen and oxygen atoms in total. The van der Waals surface area contributed by atoms with Crippen LogP contribution in [0.25, 0.3) is 10.9 Å². The number of fused-ring (bicyclic) bond motifs is 1. The van der Waals surface area contributed by atoms with Gasteiger partial charge in [0.2, 0.25) is 5.91 Å². The molecular weight excluding hydrogens is 426 g/mol. The molecule has 2 aromatic carbocycles. The standard InChI is InChI=1S/C25H28ClN3O3/c1-3-32-25(31)29-14-12-28(13-15-29)24(30)16-21(18-8-10-19(26)11-9-18)22-17-27(2)23-7-5-4-6-20(22)23/h4-11,17,21H,3,12-16H2,1-2H3. The van der Waals surface area contributed by atoms with Crippen molar-refractivity contribution in [3.05, 3.63) is 70.9 Å². The van der Waals surface area contributed by atoms with Gasteiger partial charge in [-0.3, -0.25) is 4.79 Å². The molecule has 1 aliphatic heterocycles.